The van der Waals surface area contributed by atoms with E-state index in [0.29, 0.717) is 0 Å². The molecule has 0 saturated heterocycles. The standard InChI is InChI=1S/C14H21N/c1-4-13-5-7-14(8-6-13)11-15-10-9-12(2)3/h5-9,15H,4,10-11H2,1-3H3. The smallest absolute Gasteiger partial charge is 0.0208 e. The minimum Gasteiger partial charge on any atom is -0.309 e. The van der Waals surface area contributed by atoms with Gasteiger partial charge in [-0.3, -0.25) is 0 Å². The minimum absolute atomic E-state index is 0.952. The number of nitrogens with one attached hydrogen (secondary N) is 1. The van der Waals surface area contributed by atoms with Gasteiger partial charge in [-0.05, 0) is 31.4 Å². The Balaban J connectivity index is 2.35. The maximum Gasteiger partial charge on any atom is 0.0208 e. The second-order valence-electron chi connectivity index (χ2n) is 4.08. The Hall–Kier alpha value is -1.08. The molecule has 0 spiro atoms. The van der Waals surface area contributed by atoms with Crippen molar-refractivity contribution in [2.45, 2.75) is 33.7 Å². The molecule has 1 aromatic rings. The van der Waals surface area contributed by atoms with Crippen LogP contribution in [-0.2, 0) is 13.0 Å². The summed E-state index contributed by atoms with van der Waals surface area (Å²) in [6, 6.07) is 8.82. The molecule has 1 aromatic carbocycles. The van der Waals surface area contributed by atoms with E-state index in [1.807, 2.05) is 0 Å². The van der Waals surface area contributed by atoms with Crippen LogP contribution in [0.15, 0.2) is 35.9 Å². The number of hydrogen-bond donors (Lipinski definition) is 1. The molecule has 0 unspecified atom stereocenters. The van der Waals surface area contributed by atoms with Gasteiger partial charge >= 0.3 is 0 Å². The van der Waals surface area contributed by atoms with E-state index in [1.165, 1.54) is 16.7 Å². The zero-order chi connectivity index (χ0) is 11.1. The molecule has 82 valence electrons. The lowest BCUT2D eigenvalue weighted by Gasteiger charge is -2.03. The first-order valence-electron chi connectivity index (χ1n) is 5.64. The molecule has 15 heavy (non-hydrogen) atoms. The largest absolute Gasteiger partial charge is 0.309 e. The first kappa shape index (κ1) is 12.0. The van der Waals surface area contributed by atoms with Gasteiger partial charge in [0, 0.05) is 13.1 Å². The normalized spacial score (nSPS) is 10.1. The van der Waals surface area contributed by atoms with E-state index in [0.717, 1.165) is 19.5 Å². The summed E-state index contributed by atoms with van der Waals surface area (Å²) in [5, 5.41) is 3.39. The Morgan fingerprint density at radius 1 is 1.13 bits per heavy atom. The van der Waals surface area contributed by atoms with E-state index in [9.17, 15) is 0 Å². The lowest BCUT2D eigenvalue weighted by Crippen LogP contribution is -2.12. The molecule has 0 fully saturated rings. The second-order valence-corrected chi connectivity index (χ2v) is 4.08. The highest BCUT2D eigenvalue weighted by molar-refractivity contribution is 5.22. The Kier molecular flexibility index (Phi) is 5.13. The molecule has 0 aromatic heterocycles. The van der Waals surface area contributed by atoms with Crippen molar-refractivity contribution in [3.05, 3.63) is 47.0 Å². The van der Waals surface area contributed by atoms with Crippen LogP contribution in [0.1, 0.15) is 31.9 Å². The summed E-state index contributed by atoms with van der Waals surface area (Å²) in [7, 11) is 0. The van der Waals surface area contributed by atoms with E-state index in [4.69, 9.17) is 0 Å². The van der Waals surface area contributed by atoms with Crippen LogP contribution in [0.3, 0.4) is 0 Å². The highest BCUT2D eigenvalue weighted by Crippen LogP contribution is 2.04. The van der Waals surface area contributed by atoms with Gasteiger partial charge in [-0.15, -0.1) is 0 Å². The SMILES string of the molecule is CCc1ccc(CNCC=C(C)C)cc1. The fourth-order valence-electron chi connectivity index (χ4n) is 1.39. The molecule has 0 aliphatic carbocycles. The maximum absolute atomic E-state index is 3.39. The van der Waals surface area contributed by atoms with Gasteiger partial charge in [0.15, 0.2) is 0 Å². The molecule has 1 nitrogen and oxygen atoms in total. The molecule has 0 aliphatic heterocycles. The number of allylic oxidation sites excluding steroid dienone is 1. The van der Waals surface area contributed by atoms with Crippen LogP contribution in [0.2, 0.25) is 0 Å². The Morgan fingerprint density at radius 2 is 1.73 bits per heavy atom. The van der Waals surface area contributed by atoms with Crippen LogP contribution >= 0.6 is 0 Å². The highest BCUT2D eigenvalue weighted by Gasteiger charge is 1.92. The van der Waals surface area contributed by atoms with Crippen molar-refractivity contribution in [1.29, 1.82) is 0 Å². The third-order valence-corrected chi connectivity index (χ3v) is 2.41. The predicted octanol–water partition coefficient (Wildman–Crippen LogP) is 3.30. The van der Waals surface area contributed by atoms with E-state index < -0.39 is 0 Å². The predicted molar refractivity (Wildman–Crippen MR) is 67.0 cm³/mol. The van der Waals surface area contributed by atoms with E-state index in [-0.39, 0.29) is 0 Å². The van der Waals surface area contributed by atoms with Crippen molar-refractivity contribution < 1.29 is 0 Å². The molecule has 0 bridgehead atoms. The molecule has 0 aliphatic rings. The Labute approximate surface area is 93.2 Å². The van der Waals surface area contributed by atoms with Crippen LogP contribution in [0, 0.1) is 0 Å². The van der Waals surface area contributed by atoms with Crippen LogP contribution in [0.25, 0.3) is 0 Å². The topological polar surface area (TPSA) is 12.0 Å². The summed E-state index contributed by atoms with van der Waals surface area (Å²) < 4.78 is 0. The maximum atomic E-state index is 3.39. The highest BCUT2D eigenvalue weighted by atomic mass is 14.8. The van der Waals surface area contributed by atoms with Crippen molar-refractivity contribution in [3.8, 4) is 0 Å². The summed E-state index contributed by atoms with van der Waals surface area (Å²) in [4.78, 5) is 0. The quantitative estimate of drug-likeness (QED) is 0.572. The lowest BCUT2D eigenvalue weighted by atomic mass is 10.1. The van der Waals surface area contributed by atoms with Crippen molar-refractivity contribution in [2.75, 3.05) is 6.54 Å². The molecular weight excluding hydrogens is 182 g/mol. The van der Waals surface area contributed by atoms with Gasteiger partial charge in [0.25, 0.3) is 0 Å². The van der Waals surface area contributed by atoms with Gasteiger partial charge in [-0.2, -0.15) is 0 Å². The van der Waals surface area contributed by atoms with Crippen molar-refractivity contribution in [2.24, 2.45) is 0 Å². The van der Waals surface area contributed by atoms with Crippen LogP contribution in [0.5, 0.6) is 0 Å². The summed E-state index contributed by atoms with van der Waals surface area (Å²) in [6.45, 7) is 8.34. The first-order chi connectivity index (χ1) is 7.22. The summed E-state index contributed by atoms with van der Waals surface area (Å²) in [5.74, 6) is 0. The Bertz CT molecular complexity index is 305. The summed E-state index contributed by atoms with van der Waals surface area (Å²) in [5.41, 5.74) is 4.13. The molecular formula is C14H21N. The van der Waals surface area contributed by atoms with Gasteiger partial charge in [-0.1, -0.05) is 42.8 Å². The average molecular weight is 203 g/mol. The van der Waals surface area contributed by atoms with Gasteiger partial charge in [0.1, 0.15) is 0 Å². The van der Waals surface area contributed by atoms with Gasteiger partial charge in [0.05, 0.1) is 0 Å². The molecule has 1 heteroatoms. The van der Waals surface area contributed by atoms with E-state index in [1.54, 1.807) is 0 Å². The second kappa shape index (κ2) is 6.41. The summed E-state index contributed by atoms with van der Waals surface area (Å²) >= 11 is 0. The van der Waals surface area contributed by atoms with Crippen molar-refractivity contribution in [3.63, 3.8) is 0 Å². The minimum atomic E-state index is 0.952. The molecule has 1 N–H and O–H groups in total. The Morgan fingerprint density at radius 3 is 2.27 bits per heavy atom. The number of benzene rings is 1. The molecule has 0 radical (unpaired) electrons. The zero-order valence-corrected chi connectivity index (χ0v) is 10.0. The number of aryl methyl sites for hydroxylation is 1. The fraction of sp³-hybridized carbons (Fsp3) is 0.429. The van der Waals surface area contributed by atoms with Crippen molar-refractivity contribution >= 4 is 0 Å². The first-order valence-corrected chi connectivity index (χ1v) is 5.64. The van der Waals surface area contributed by atoms with Gasteiger partial charge in [0.2, 0.25) is 0 Å². The monoisotopic (exact) mass is 203 g/mol. The third kappa shape index (κ3) is 4.80. The molecule has 0 heterocycles. The fourth-order valence-corrected chi connectivity index (χ4v) is 1.39. The molecule has 1 rings (SSSR count). The zero-order valence-electron chi connectivity index (χ0n) is 10.0. The van der Waals surface area contributed by atoms with Gasteiger partial charge < -0.3 is 5.32 Å². The lowest BCUT2D eigenvalue weighted by molar-refractivity contribution is 0.756. The van der Waals surface area contributed by atoms with E-state index in [2.05, 4.69) is 56.4 Å². The van der Waals surface area contributed by atoms with Crippen LogP contribution in [-0.4, -0.2) is 6.54 Å². The van der Waals surface area contributed by atoms with E-state index >= 15 is 0 Å². The average Bonchev–Trinajstić information content (AvgIpc) is 2.25. The van der Waals surface area contributed by atoms with Crippen LogP contribution in [0.4, 0.5) is 0 Å². The number of rotatable bonds is 5. The van der Waals surface area contributed by atoms with Gasteiger partial charge in [-0.25, -0.2) is 0 Å². The number of hydrogen-bond acceptors (Lipinski definition) is 1. The molecule has 0 saturated carbocycles. The van der Waals surface area contributed by atoms with Crippen LogP contribution < -0.4 is 5.32 Å². The molecule has 0 amide bonds. The summed E-state index contributed by atoms with van der Waals surface area (Å²) in [6.07, 6.45) is 3.33. The molecule has 0 atom stereocenters. The third-order valence-electron chi connectivity index (χ3n) is 2.41. The van der Waals surface area contributed by atoms with Crippen molar-refractivity contribution in [1.82, 2.24) is 5.32 Å².